The highest BCUT2D eigenvalue weighted by molar-refractivity contribution is 9.09. The molecule has 0 radical (unpaired) electrons. The van der Waals surface area contributed by atoms with Gasteiger partial charge in [-0.3, -0.25) is 9.59 Å². The average molecular weight is 488 g/mol. The SMILES string of the molecule is CCCOc1ccccc1N1C(=O)[C@@H]2C3c4ccccc4C(Br)(c4ccccc43)[C@@H]2C1=O. The lowest BCUT2D eigenvalue weighted by atomic mass is 9.55. The first kappa shape index (κ1) is 19.7. The molecular formula is C27H22BrNO3. The van der Waals surface area contributed by atoms with Gasteiger partial charge < -0.3 is 4.74 Å². The number of hydrogen-bond acceptors (Lipinski definition) is 3. The Balaban J connectivity index is 1.55. The van der Waals surface area contributed by atoms with Gasteiger partial charge in [-0.05, 0) is 40.8 Å². The molecular weight excluding hydrogens is 466 g/mol. The molecule has 0 saturated carbocycles. The summed E-state index contributed by atoms with van der Waals surface area (Å²) in [5.41, 5.74) is 4.96. The van der Waals surface area contributed by atoms with Crippen molar-refractivity contribution in [2.75, 3.05) is 11.5 Å². The van der Waals surface area contributed by atoms with Gasteiger partial charge in [-0.2, -0.15) is 0 Å². The van der Waals surface area contributed by atoms with Gasteiger partial charge in [-0.15, -0.1) is 0 Å². The van der Waals surface area contributed by atoms with Crippen molar-refractivity contribution in [3.05, 3.63) is 95.1 Å². The van der Waals surface area contributed by atoms with Crippen LogP contribution in [-0.4, -0.2) is 18.4 Å². The van der Waals surface area contributed by atoms with Crippen molar-refractivity contribution in [2.45, 2.75) is 23.6 Å². The molecule has 2 bridgehead atoms. The van der Waals surface area contributed by atoms with E-state index in [4.69, 9.17) is 4.74 Å². The Morgan fingerprint density at radius 1 is 0.875 bits per heavy atom. The second kappa shape index (κ2) is 7.04. The van der Waals surface area contributed by atoms with Crippen molar-refractivity contribution in [1.82, 2.24) is 0 Å². The molecule has 7 rings (SSSR count). The van der Waals surface area contributed by atoms with E-state index in [-0.39, 0.29) is 17.7 Å². The summed E-state index contributed by atoms with van der Waals surface area (Å²) < 4.78 is 5.17. The van der Waals surface area contributed by atoms with Crippen LogP contribution in [-0.2, 0) is 13.9 Å². The van der Waals surface area contributed by atoms with Crippen LogP contribution in [0.1, 0.15) is 41.5 Å². The molecule has 0 N–H and O–H groups in total. The van der Waals surface area contributed by atoms with Crippen molar-refractivity contribution in [3.63, 3.8) is 0 Å². The monoisotopic (exact) mass is 487 g/mol. The minimum absolute atomic E-state index is 0.142. The lowest BCUT2D eigenvalue weighted by molar-refractivity contribution is -0.122. The zero-order chi connectivity index (χ0) is 22.0. The number of halogens is 1. The van der Waals surface area contributed by atoms with Crippen LogP contribution in [0.25, 0.3) is 0 Å². The molecule has 3 aromatic rings. The maximum atomic E-state index is 14.0. The molecule has 32 heavy (non-hydrogen) atoms. The van der Waals surface area contributed by atoms with Gasteiger partial charge in [0.05, 0.1) is 28.5 Å². The fourth-order valence-corrected chi connectivity index (χ4v) is 7.10. The Bertz CT molecular complexity index is 1220. The molecule has 1 saturated heterocycles. The maximum Gasteiger partial charge on any atom is 0.239 e. The summed E-state index contributed by atoms with van der Waals surface area (Å²) in [6.07, 6.45) is 0.846. The van der Waals surface area contributed by atoms with Crippen LogP contribution in [0.5, 0.6) is 5.75 Å². The number of imide groups is 1. The van der Waals surface area contributed by atoms with Crippen LogP contribution in [0.2, 0.25) is 0 Å². The predicted octanol–water partition coefficient (Wildman–Crippen LogP) is 5.38. The third kappa shape index (κ3) is 2.37. The lowest BCUT2D eigenvalue weighted by Crippen LogP contribution is -2.50. The summed E-state index contributed by atoms with van der Waals surface area (Å²) in [5, 5.41) is 0. The van der Waals surface area contributed by atoms with Crippen molar-refractivity contribution in [3.8, 4) is 5.75 Å². The normalized spacial score (nSPS) is 27.2. The smallest absolute Gasteiger partial charge is 0.239 e. The highest BCUT2D eigenvalue weighted by Gasteiger charge is 2.67. The third-order valence-corrected chi connectivity index (χ3v) is 8.43. The van der Waals surface area contributed by atoms with E-state index >= 15 is 0 Å². The first-order valence-electron chi connectivity index (χ1n) is 11.1. The van der Waals surface area contributed by atoms with Crippen molar-refractivity contribution in [1.29, 1.82) is 0 Å². The lowest BCUT2D eigenvalue weighted by Gasteiger charge is -2.51. The molecule has 3 aliphatic carbocycles. The summed E-state index contributed by atoms with van der Waals surface area (Å²) in [5.74, 6) is -0.851. The average Bonchev–Trinajstić information content (AvgIpc) is 3.09. The minimum atomic E-state index is -0.736. The molecule has 160 valence electrons. The van der Waals surface area contributed by atoms with Crippen LogP contribution in [0.4, 0.5) is 5.69 Å². The summed E-state index contributed by atoms with van der Waals surface area (Å²) in [6, 6.07) is 23.8. The number of nitrogens with zero attached hydrogens (tertiary/aromatic N) is 1. The van der Waals surface area contributed by atoms with Crippen molar-refractivity contribution < 1.29 is 14.3 Å². The number of hydrogen-bond donors (Lipinski definition) is 0. The van der Waals surface area contributed by atoms with Gasteiger partial charge in [0.15, 0.2) is 0 Å². The van der Waals surface area contributed by atoms with Gasteiger partial charge in [0.1, 0.15) is 5.75 Å². The number of benzene rings is 3. The highest BCUT2D eigenvalue weighted by atomic mass is 79.9. The van der Waals surface area contributed by atoms with Gasteiger partial charge >= 0.3 is 0 Å². The molecule has 5 heteroatoms. The summed E-state index contributed by atoms with van der Waals surface area (Å²) >= 11 is 4.03. The molecule has 1 fully saturated rings. The zero-order valence-electron chi connectivity index (χ0n) is 17.6. The van der Waals surface area contributed by atoms with Crippen LogP contribution in [0.3, 0.4) is 0 Å². The van der Waals surface area contributed by atoms with E-state index in [0.717, 1.165) is 28.7 Å². The molecule has 1 heterocycles. The van der Waals surface area contributed by atoms with Gasteiger partial charge in [0, 0.05) is 5.92 Å². The summed E-state index contributed by atoms with van der Waals surface area (Å²) in [7, 11) is 0. The Morgan fingerprint density at radius 2 is 1.47 bits per heavy atom. The van der Waals surface area contributed by atoms with Gasteiger partial charge in [-0.1, -0.05) is 83.5 Å². The van der Waals surface area contributed by atoms with Gasteiger partial charge in [-0.25, -0.2) is 4.90 Å². The largest absolute Gasteiger partial charge is 0.491 e. The molecule has 0 unspecified atom stereocenters. The molecule has 0 spiro atoms. The van der Waals surface area contributed by atoms with Gasteiger partial charge in [0.25, 0.3) is 0 Å². The molecule has 4 nitrogen and oxygen atoms in total. The van der Waals surface area contributed by atoms with E-state index in [1.807, 2.05) is 49.4 Å². The molecule has 4 aliphatic rings. The number of alkyl halides is 1. The molecule has 2 amide bonds. The number of amides is 2. The first-order valence-corrected chi connectivity index (χ1v) is 11.9. The number of para-hydroxylation sites is 2. The van der Waals surface area contributed by atoms with Crippen LogP contribution in [0.15, 0.2) is 72.8 Å². The number of rotatable bonds is 4. The first-order chi connectivity index (χ1) is 15.6. The van der Waals surface area contributed by atoms with E-state index in [9.17, 15) is 9.59 Å². The predicted molar refractivity (Wildman–Crippen MR) is 126 cm³/mol. The maximum absolute atomic E-state index is 14.0. The van der Waals surface area contributed by atoms with E-state index in [1.165, 1.54) is 4.90 Å². The third-order valence-electron chi connectivity index (χ3n) is 7.08. The van der Waals surface area contributed by atoms with Gasteiger partial charge in [0.2, 0.25) is 11.8 Å². The summed E-state index contributed by atoms with van der Waals surface area (Å²) in [6.45, 7) is 2.56. The fourth-order valence-electron chi connectivity index (χ4n) is 5.89. The minimum Gasteiger partial charge on any atom is -0.491 e. The Labute approximate surface area is 195 Å². The van der Waals surface area contributed by atoms with Crippen molar-refractivity contribution >= 4 is 33.4 Å². The highest BCUT2D eigenvalue weighted by Crippen LogP contribution is 2.66. The van der Waals surface area contributed by atoms with Crippen LogP contribution >= 0.6 is 15.9 Å². The topological polar surface area (TPSA) is 46.6 Å². The van der Waals surface area contributed by atoms with E-state index in [1.54, 1.807) is 6.07 Å². The Kier molecular flexibility index (Phi) is 4.34. The quantitative estimate of drug-likeness (QED) is 0.366. The van der Waals surface area contributed by atoms with Crippen molar-refractivity contribution in [2.24, 2.45) is 11.8 Å². The van der Waals surface area contributed by atoms with E-state index < -0.39 is 16.2 Å². The number of carbonyl (C=O) groups excluding carboxylic acids is 2. The molecule has 1 aliphatic heterocycles. The Morgan fingerprint density at radius 3 is 2.12 bits per heavy atom. The zero-order valence-corrected chi connectivity index (χ0v) is 19.2. The van der Waals surface area contributed by atoms with Crippen LogP contribution < -0.4 is 9.64 Å². The Hall–Kier alpha value is -2.92. The summed E-state index contributed by atoms with van der Waals surface area (Å²) in [4.78, 5) is 29.3. The second-order valence-corrected chi connectivity index (χ2v) is 9.95. The number of anilines is 1. The van der Waals surface area contributed by atoms with E-state index in [2.05, 4.69) is 40.2 Å². The second-order valence-electron chi connectivity index (χ2n) is 8.70. The molecule has 0 aromatic heterocycles. The molecule has 3 aromatic carbocycles. The number of carbonyl (C=O) groups is 2. The van der Waals surface area contributed by atoms with E-state index in [0.29, 0.717) is 18.0 Å². The fraction of sp³-hybridized carbons (Fsp3) is 0.259. The van der Waals surface area contributed by atoms with Crippen LogP contribution in [0, 0.1) is 11.8 Å². The standard InChI is InChI=1S/C27H22BrNO3/c1-2-15-32-21-14-8-7-13-20(21)29-25(30)23-22-16-9-3-5-11-18(16)27(28,24(23)26(29)31)19-12-6-4-10-17(19)22/h3-14,22-24H,2,15H2,1H3/t22?,23-,24+,27?/m1/s1. The molecule has 2 atom stereocenters. The number of ether oxygens (including phenoxy) is 1.